The van der Waals surface area contributed by atoms with Gasteiger partial charge in [0.15, 0.2) is 0 Å². The molecule has 0 saturated heterocycles. The molecule has 0 aromatic heterocycles. The Hall–Kier alpha value is -2.09. The minimum Gasteiger partial charge on any atom is -0.342 e. The molecular formula is C17H19NO. The highest BCUT2D eigenvalue weighted by Crippen LogP contribution is 2.29. The van der Waals surface area contributed by atoms with Gasteiger partial charge in [0.05, 0.1) is 0 Å². The van der Waals surface area contributed by atoms with Crippen LogP contribution in [0.2, 0.25) is 0 Å². The molecular weight excluding hydrogens is 234 g/mol. The van der Waals surface area contributed by atoms with Gasteiger partial charge in [0.2, 0.25) is 0 Å². The summed E-state index contributed by atoms with van der Waals surface area (Å²) in [4.78, 5) is 13.1. The van der Waals surface area contributed by atoms with Crippen LogP contribution in [0.1, 0.15) is 28.4 Å². The van der Waals surface area contributed by atoms with Crippen molar-refractivity contribution in [1.29, 1.82) is 0 Å². The highest BCUT2D eigenvalue weighted by Gasteiger charge is 2.10. The molecule has 98 valence electrons. The van der Waals surface area contributed by atoms with E-state index in [0.717, 1.165) is 29.6 Å². The normalized spacial score (nSPS) is 10.3. The van der Waals surface area contributed by atoms with Crippen molar-refractivity contribution >= 4 is 17.7 Å². The van der Waals surface area contributed by atoms with E-state index in [1.54, 1.807) is 0 Å². The molecule has 19 heavy (non-hydrogen) atoms. The van der Waals surface area contributed by atoms with Crippen LogP contribution >= 0.6 is 0 Å². The number of aryl methyl sites for hydroxylation is 2. The summed E-state index contributed by atoms with van der Waals surface area (Å²) in [6.07, 6.45) is 0.906. The first-order valence-electron chi connectivity index (χ1n) is 6.56. The fourth-order valence-electron chi connectivity index (χ4n) is 2.32. The molecule has 2 rings (SSSR count). The standard InChI is InChI=1S/C17H19NO/c1-4-18(17-8-6-5-7-13(17)2)16-10-9-15(12-19)14(3)11-16/h5-12H,4H2,1-3H3. The summed E-state index contributed by atoms with van der Waals surface area (Å²) in [5.74, 6) is 0. The van der Waals surface area contributed by atoms with Crippen LogP contribution in [0.5, 0.6) is 0 Å². The van der Waals surface area contributed by atoms with Gasteiger partial charge in [0, 0.05) is 23.5 Å². The molecule has 0 radical (unpaired) electrons. The zero-order chi connectivity index (χ0) is 13.8. The van der Waals surface area contributed by atoms with Gasteiger partial charge in [-0.05, 0) is 56.2 Å². The lowest BCUT2D eigenvalue weighted by molar-refractivity contribution is 0.112. The Morgan fingerprint density at radius 1 is 1.05 bits per heavy atom. The van der Waals surface area contributed by atoms with Gasteiger partial charge >= 0.3 is 0 Å². The Bertz CT molecular complexity index is 590. The van der Waals surface area contributed by atoms with Crippen LogP contribution in [0.4, 0.5) is 11.4 Å². The SMILES string of the molecule is CCN(c1ccc(C=O)c(C)c1)c1ccccc1C. The average molecular weight is 253 g/mol. The molecule has 0 amide bonds. The number of carbonyl (C=O) groups excluding carboxylic acids is 1. The molecule has 0 N–H and O–H groups in total. The maximum atomic E-state index is 10.9. The van der Waals surface area contributed by atoms with E-state index >= 15 is 0 Å². The van der Waals surface area contributed by atoms with Crippen molar-refractivity contribution < 1.29 is 4.79 Å². The number of benzene rings is 2. The van der Waals surface area contributed by atoms with Gasteiger partial charge < -0.3 is 4.90 Å². The van der Waals surface area contributed by atoms with E-state index in [1.165, 1.54) is 11.3 Å². The molecule has 0 aliphatic carbocycles. The molecule has 0 unspecified atom stereocenters. The highest BCUT2D eigenvalue weighted by molar-refractivity contribution is 5.79. The summed E-state index contributed by atoms with van der Waals surface area (Å²) < 4.78 is 0. The summed E-state index contributed by atoms with van der Waals surface area (Å²) >= 11 is 0. The van der Waals surface area contributed by atoms with Crippen LogP contribution < -0.4 is 4.90 Å². The van der Waals surface area contributed by atoms with Gasteiger partial charge in [-0.25, -0.2) is 0 Å². The largest absolute Gasteiger partial charge is 0.342 e. The van der Waals surface area contributed by atoms with Crippen molar-refractivity contribution in [3.8, 4) is 0 Å². The number of para-hydroxylation sites is 1. The third kappa shape index (κ3) is 2.68. The first-order chi connectivity index (χ1) is 9.17. The van der Waals surface area contributed by atoms with Crippen LogP contribution in [0.15, 0.2) is 42.5 Å². The molecule has 2 aromatic carbocycles. The Kier molecular flexibility index (Phi) is 4.00. The van der Waals surface area contributed by atoms with Crippen LogP contribution in [0, 0.1) is 13.8 Å². The van der Waals surface area contributed by atoms with Crippen molar-refractivity contribution in [3.05, 3.63) is 59.2 Å². The fourth-order valence-corrected chi connectivity index (χ4v) is 2.32. The number of nitrogens with zero attached hydrogens (tertiary/aromatic N) is 1. The quantitative estimate of drug-likeness (QED) is 0.758. The Labute approximate surface area is 114 Å². The van der Waals surface area contributed by atoms with Crippen molar-refractivity contribution in [2.75, 3.05) is 11.4 Å². The Morgan fingerprint density at radius 2 is 1.79 bits per heavy atom. The number of hydrogen-bond donors (Lipinski definition) is 0. The van der Waals surface area contributed by atoms with Crippen LogP contribution in [-0.4, -0.2) is 12.8 Å². The van der Waals surface area contributed by atoms with E-state index in [9.17, 15) is 4.79 Å². The lowest BCUT2D eigenvalue weighted by Gasteiger charge is -2.25. The molecule has 0 aliphatic heterocycles. The number of hydrogen-bond acceptors (Lipinski definition) is 2. The number of rotatable bonds is 4. The second kappa shape index (κ2) is 5.70. The lowest BCUT2D eigenvalue weighted by Crippen LogP contribution is -2.17. The van der Waals surface area contributed by atoms with E-state index in [-0.39, 0.29) is 0 Å². The lowest BCUT2D eigenvalue weighted by atomic mass is 10.1. The summed E-state index contributed by atoms with van der Waals surface area (Å²) in [6.45, 7) is 7.11. The summed E-state index contributed by atoms with van der Waals surface area (Å²) in [7, 11) is 0. The summed E-state index contributed by atoms with van der Waals surface area (Å²) in [5, 5.41) is 0. The minimum absolute atomic E-state index is 0.754. The van der Waals surface area contributed by atoms with E-state index in [4.69, 9.17) is 0 Å². The van der Waals surface area contributed by atoms with Gasteiger partial charge in [-0.2, -0.15) is 0 Å². The topological polar surface area (TPSA) is 20.3 Å². The van der Waals surface area contributed by atoms with E-state index in [1.807, 2.05) is 25.1 Å². The van der Waals surface area contributed by atoms with Crippen molar-refractivity contribution in [3.63, 3.8) is 0 Å². The minimum atomic E-state index is 0.754. The van der Waals surface area contributed by atoms with E-state index in [0.29, 0.717) is 0 Å². The monoisotopic (exact) mass is 253 g/mol. The van der Waals surface area contributed by atoms with Crippen molar-refractivity contribution in [2.24, 2.45) is 0 Å². The molecule has 0 fully saturated rings. The molecule has 0 spiro atoms. The van der Waals surface area contributed by atoms with Crippen LogP contribution in [-0.2, 0) is 0 Å². The molecule has 2 aromatic rings. The second-order valence-corrected chi connectivity index (χ2v) is 4.69. The zero-order valence-corrected chi connectivity index (χ0v) is 11.7. The predicted octanol–water partition coefficient (Wildman–Crippen LogP) is 4.27. The highest BCUT2D eigenvalue weighted by atomic mass is 16.1. The van der Waals surface area contributed by atoms with Gasteiger partial charge in [-0.15, -0.1) is 0 Å². The first kappa shape index (κ1) is 13.3. The fraction of sp³-hybridized carbons (Fsp3) is 0.235. The van der Waals surface area contributed by atoms with Crippen molar-refractivity contribution in [1.82, 2.24) is 0 Å². The van der Waals surface area contributed by atoms with E-state index < -0.39 is 0 Å². The van der Waals surface area contributed by atoms with Gasteiger partial charge in [0.25, 0.3) is 0 Å². The van der Waals surface area contributed by atoms with Gasteiger partial charge in [-0.3, -0.25) is 4.79 Å². The molecule has 2 nitrogen and oxygen atoms in total. The smallest absolute Gasteiger partial charge is 0.150 e. The summed E-state index contributed by atoms with van der Waals surface area (Å²) in [6, 6.07) is 14.3. The molecule has 0 aliphatic rings. The van der Waals surface area contributed by atoms with E-state index in [2.05, 4.69) is 43.0 Å². The molecule has 0 saturated carbocycles. The maximum Gasteiger partial charge on any atom is 0.150 e. The van der Waals surface area contributed by atoms with Crippen LogP contribution in [0.25, 0.3) is 0 Å². The van der Waals surface area contributed by atoms with Crippen molar-refractivity contribution in [2.45, 2.75) is 20.8 Å². The predicted molar refractivity (Wildman–Crippen MR) is 80.4 cm³/mol. The molecule has 2 heteroatoms. The Balaban J connectivity index is 2.46. The second-order valence-electron chi connectivity index (χ2n) is 4.69. The van der Waals surface area contributed by atoms with Gasteiger partial charge in [0.1, 0.15) is 6.29 Å². The third-order valence-electron chi connectivity index (χ3n) is 3.41. The third-order valence-corrected chi connectivity index (χ3v) is 3.41. The summed E-state index contributed by atoms with van der Waals surface area (Å²) in [5.41, 5.74) is 5.36. The zero-order valence-electron chi connectivity index (χ0n) is 11.7. The molecule has 0 bridgehead atoms. The number of aldehydes is 1. The number of anilines is 2. The number of carbonyl (C=O) groups is 1. The molecule has 0 heterocycles. The average Bonchev–Trinajstić information content (AvgIpc) is 2.42. The molecule has 0 atom stereocenters. The maximum absolute atomic E-state index is 10.9. The Morgan fingerprint density at radius 3 is 2.37 bits per heavy atom. The first-order valence-corrected chi connectivity index (χ1v) is 6.56. The van der Waals surface area contributed by atoms with Crippen LogP contribution in [0.3, 0.4) is 0 Å². The van der Waals surface area contributed by atoms with Gasteiger partial charge in [-0.1, -0.05) is 18.2 Å².